The lowest BCUT2D eigenvalue weighted by molar-refractivity contribution is -0.127. The number of anilines is 2. The highest BCUT2D eigenvalue weighted by molar-refractivity contribution is 6.06. The minimum absolute atomic E-state index is 0.0122. The van der Waals surface area contributed by atoms with E-state index in [4.69, 9.17) is 4.74 Å². The van der Waals surface area contributed by atoms with Crippen LogP contribution in [0, 0.1) is 11.3 Å². The molecule has 1 N–H and O–H groups in total. The fourth-order valence-corrected chi connectivity index (χ4v) is 3.35. The molecule has 0 saturated heterocycles. The Morgan fingerprint density at radius 2 is 1.77 bits per heavy atom. The molecule has 164 valence electrons. The highest BCUT2D eigenvalue weighted by Crippen LogP contribution is 2.38. The minimum atomic E-state index is -0.654. The summed E-state index contributed by atoms with van der Waals surface area (Å²) in [6.07, 6.45) is 0. The molecule has 0 radical (unpaired) electrons. The van der Waals surface area contributed by atoms with Gasteiger partial charge in [0.2, 0.25) is 5.91 Å². The smallest absolute Gasteiger partial charge is 0.337 e. The van der Waals surface area contributed by atoms with E-state index in [1.54, 1.807) is 35.2 Å². The van der Waals surface area contributed by atoms with Gasteiger partial charge in [0.25, 0.3) is 5.91 Å². The van der Waals surface area contributed by atoms with Crippen LogP contribution in [0.4, 0.5) is 11.4 Å². The third kappa shape index (κ3) is 4.87. The molecule has 31 heavy (non-hydrogen) atoms. The molecule has 2 aromatic rings. The van der Waals surface area contributed by atoms with E-state index in [9.17, 15) is 14.4 Å². The van der Waals surface area contributed by atoms with Crippen LogP contribution in [-0.2, 0) is 9.53 Å². The minimum Gasteiger partial charge on any atom is -0.490 e. The Hall–Kier alpha value is -3.35. The second kappa shape index (κ2) is 8.79. The Kier molecular flexibility index (Phi) is 6.34. The van der Waals surface area contributed by atoms with Gasteiger partial charge in [-0.05, 0) is 62.2 Å². The second-order valence-electron chi connectivity index (χ2n) is 8.69. The molecule has 0 aromatic heterocycles. The van der Waals surface area contributed by atoms with E-state index in [-0.39, 0.29) is 24.3 Å². The summed E-state index contributed by atoms with van der Waals surface area (Å²) < 4.78 is 10.6. The molecule has 2 aromatic carbocycles. The summed E-state index contributed by atoms with van der Waals surface area (Å²) in [4.78, 5) is 39.1. The summed E-state index contributed by atoms with van der Waals surface area (Å²) in [6, 6.07) is 11.5. The van der Waals surface area contributed by atoms with E-state index in [2.05, 4.69) is 23.9 Å². The number of rotatable bonds is 5. The molecular weight excluding hydrogens is 396 g/mol. The standard InChI is InChI=1S/C24H28N2O5/c1-15(2)13-26-19-12-18(10-11-20(19)31-14-24(3,4)23(26)29)25-21(27)16-6-8-17(9-7-16)22(28)30-5/h6-12,15H,13-14H2,1-5H3,(H,25,27). The number of esters is 1. The third-order valence-electron chi connectivity index (χ3n) is 5.04. The second-order valence-corrected chi connectivity index (χ2v) is 8.69. The molecule has 0 saturated carbocycles. The number of fused-ring (bicyclic) bond motifs is 1. The van der Waals surface area contributed by atoms with Gasteiger partial charge in [-0.1, -0.05) is 13.8 Å². The Morgan fingerprint density at radius 1 is 1.13 bits per heavy atom. The van der Waals surface area contributed by atoms with E-state index < -0.39 is 11.4 Å². The van der Waals surface area contributed by atoms with Crippen molar-refractivity contribution >= 4 is 29.2 Å². The molecule has 0 aliphatic carbocycles. The molecule has 0 atom stereocenters. The van der Waals surface area contributed by atoms with E-state index >= 15 is 0 Å². The molecule has 0 unspecified atom stereocenters. The van der Waals surface area contributed by atoms with Crippen LogP contribution in [0.15, 0.2) is 42.5 Å². The van der Waals surface area contributed by atoms with Gasteiger partial charge in [0.05, 0.1) is 23.8 Å². The van der Waals surface area contributed by atoms with Gasteiger partial charge in [0.1, 0.15) is 12.4 Å². The largest absolute Gasteiger partial charge is 0.490 e. The number of methoxy groups -OCH3 is 1. The molecule has 0 bridgehead atoms. The van der Waals surface area contributed by atoms with Crippen molar-refractivity contribution in [3.8, 4) is 5.75 Å². The lowest BCUT2D eigenvalue weighted by Gasteiger charge is -2.29. The Labute approximate surface area is 182 Å². The van der Waals surface area contributed by atoms with E-state index in [0.717, 1.165) is 0 Å². The quantitative estimate of drug-likeness (QED) is 0.730. The van der Waals surface area contributed by atoms with Crippen molar-refractivity contribution in [2.75, 3.05) is 30.5 Å². The van der Waals surface area contributed by atoms with E-state index in [0.29, 0.717) is 34.8 Å². The highest BCUT2D eigenvalue weighted by Gasteiger charge is 2.38. The number of hydrogen-bond donors (Lipinski definition) is 1. The zero-order valence-corrected chi connectivity index (χ0v) is 18.5. The molecular formula is C24H28N2O5. The third-order valence-corrected chi connectivity index (χ3v) is 5.04. The van der Waals surface area contributed by atoms with Gasteiger partial charge >= 0.3 is 5.97 Å². The SMILES string of the molecule is COC(=O)c1ccc(C(=O)Nc2ccc3c(c2)N(CC(C)C)C(=O)C(C)(C)CO3)cc1. The van der Waals surface area contributed by atoms with Crippen molar-refractivity contribution in [2.24, 2.45) is 11.3 Å². The van der Waals surface area contributed by atoms with Crippen LogP contribution >= 0.6 is 0 Å². The predicted octanol–water partition coefficient (Wildman–Crippen LogP) is 4.13. The number of amides is 2. The summed E-state index contributed by atoms with van der Waals surface area (Å²) in [7, 11) is 1.30. The summed E-state index contributed by atoms with van der Waals surface area (Å²) >= 11 is 0. The van der Waals surface area contributed by atoms with Crippen LogP contribution in [0.2, 0.25) is 0 Å². The Morgan fingerprint density at radius 3 is 2.39 bits per heavy atom. The van der Waals surface area contributed by atoms with Crippen molar-refractivity contribution < 1.29 is 23.9 Å². The zero-order valence-electron chi connectivity index (χ0n) is 18.5. The van der Waals surface area contributed by atoms with Crippen LogP contribution in [0.3, 0.4) is 0 Å². The number of nitrogens with one attached hydrogen (secondary N) is 1. The molecule has 7 heteroatoms. The van der Waals surface area contributed by atoms with Crippen LogP contribution in [0.5, 0.6) is 5.75 Å². The summed E-state index contributed by atoms with van der Waals surface area (Å²) in [5.41, 5.74) is 1.30. The van der Waals surface area contributed by atoms with Gasteiger partial charge in [-0.25, -0.2) is 4.79 Å². The number of benzene rings is 2. The number of ether oxygens (including phenoxy) is 2. The molecule has 1 aliphatic rings. The highest BCUT2D eigenvalue weighted by atomic mass is 16.5. The number of carbonyl (C=O) groups is 3. The maximum atomic E-state index is 13.2. The van der Waals surface area contributed by atoms with Crippen molar-refractivity contribution in [3.05, 3.63) is 53.6 Å². The van der Waals surface area contributed by atoms with Crippen molar-refractivity contribution in [3.63, 3.8) is 0 Å². The molecule has 0 spiro atoms. The average Bonchev–Trinajstić information content (AvgIpc) is 2.83. The van der Waals surface area contributed by atoms with Crippen molar-refractivity contribution in [2.45, 2.75) is 27.7 Å². The first-order valence-corrected chi connectivity index (χ1v) is 10.2. The zero-order chi connectivity index (χ0) is 22.8. The van der Waals surface area contributed by atoms with E-state index in [1.807, 2.05) is 13.8 Å². The lowest BCUT2D eigenvalue weighted by atomic mass is 9.92. The molecule has 2 amide bonds. The first kappa shape index (κ1) is 22.3. The van der Waals surface area contributed by atoms with Crippen LogP contribution in [0.25, 0.3) is 0 Å². The number of hydrogen-bond acceptors (Lipinski definition) is 5. The number of nitrogens with zero attached hydrogens (tertiary/aromatic N) is 1. The molecule has 1 aliphatic heterocycles. The molecule has 3 rings (SSSR count). The molecule has 7 nitrogen and oxygen atoms in total. The maximum absolute atomic E-state index is 13.2. The normalized spacial score (nSPS) is 15.0. The monoisotopic (exact) mass is 424 g/mol. The van der Waals surface area contributed by atoms with Crippen LogP contribution < -0.4 is 15.0 Å². The molecule has 0 fully saturated rings. The lowest BCUT2D eigenvalue weighted by Crippen LogP contribution is -2.43. The van der Waals surface area contributed by atoms with Gasteiger partial charge < -0.3 is 19.7 Å². The maximum Gasteiger partial charge on any atom is 0.337 e. The van der Waals surface area contributed by atoms with Crippen LogP contribution in [-0.4, -0.2) is 38.0 Å². The van der Waals surface area contributed by atoms with Gasteiger partial charge in [-0.2, -0.15) is 0 Å². The van der Waals surface area contributed by atoms with E-state index in [1.165, 1.54) is 19.2 Å². The van der Waals surface area contributed by atoms with Gasteiger partial charge in [0.15, 0.2) is 0 Å². The topological polar surface area (TPSA) is 84.9 Å². The Balaban J connectivity index is 1.87. The molecule has 1 heterocycles. The van der Waals surface area contributed by atoms with Crippen LogP contribution in [0.1, 0.15) is 48.4 Å². The van der Waals surface area contributed by atoms with Crippen molar-refractivity contribution in [1.82, 2.24) is 0 Å². The summed E-state index contributed by atoms with van der Waals surface area (Å²) in [5, 5.41) is 2.85. The van der Waals surface area contributed by atoms with Gasteiger partial charge in [-0.15, -0.1) is 0 Å². The first-order valence-electron chi connectivity index (χ1n) is 10.2. The first-order chi connectivity index (χ1) is 14.6. The number of carbonyl (C=O) groups excluding carboxylic acids is 3. The van der Waals surface area contributed by atoms with Crippen molar-refractivity contribution in [1.29, 1.82) is 0 Å². The average molecular weight is 424 g/mol. The Bertz CT molecular complexity index is 996. The summed E-state index contributed by atoms with van der Waals surface area (Å²) in [5.74, 6) is 0.0719. The fourth-order valence-electron chi connectivity index (χ4n) is 3.35. The predicted molar refractivity (Wildman–Crippen MR) is 119 cm³/mol. The van der Waals surface area contributed by atoms with Gasteiger partial charge in [0, 0.05) is 17.8 Å². The van der Waals surface area contributed by atoms with Gasteiger partial charge in [-0.3, -0.25) is 9.59 Å². The summed E-state index contributed by atoms with van der Waals surface area (Å²) in [6.45, 7) is 8.67. The fraction of sp³-hybridized carbons (Fsp3) is 0.375.